The fraction of sp³-hybridized carbons (Fsp3) is 0.470. The second kappa shape index (κ2) is 35.0. The molecule has 0 aliphatic heterocycles. The molecule has 5 nitrogen and oxygen atoms in total. The topological polar surface area (TPSA) is 65.5 Å². The fourth-order valence-corrected chi connectivity index (χ4v) is 9.54. The van der Waals surface area contributed by atoms with Crippen molar-refractivity contribution in [3.05, 3.63) is 185 Å². The van der Waals surface area contributed by atoms with Crippen molar-refractivity contribution in [3.63, 3.8) is 0 Å². The molecular weight excluding hydrogens is 1530 g/mol. The van der Waals surface area contributed by atoms with Gasteiger partial charge in [0.25, 0.3) is 9.84 Å². The van der Waals surface area contributed by atoms with Crippen LogP contribution in [0.2, 0.25) is 5.02 Å². The molecule has 0 bridgehead atoms. The maximum atomic E-state index is 12.6. The average molecular weight is 1600 g/mol. The van der Waals surface area contributed by atoms with Crippen molar-refractivity contribution < 1.29 is 136 Å². The van der Waals surface area contributed by atoms with E-state index in [1.54, 1.807) is 39.8 Å². The summed E-state index contributed by atoms with van der Waals surface area (Å²) in [6, 6.07) is 16.6. The molecule has 0 radical (unpaired) electrons. The van der Waals surface area contributed by atoms with Crippen LogP contribution in [0.1, 0.15) is 210 Å². The van der Waals surface area contributed by atoms with E-state index in [0.29, 0.717) is 45.6 Å². The molecule has 0 atom stereocenters. The zero-order valence-electron chi connectivity index (χ0n) is 54.9. The second-order valence-corrected chi connectivity index (χ2v) is 27.5. The Morgan fingerprint density at radius 1 is 0.406 bits per heavy atom. The molecule has 0 saturated heterocycles. The number of halogens is 29. The van der Waals surface area contributed by atoms with Gasteiger partial charge in [-0.1, -0.05) is 111 Å². The molecule has 0 amide bonds. The molecule has 0 N–H and O–H groups in total. The Morgan fingerprint density at radius 3 is 1.08 bits per heavy atom. The van der Waals surface area contributed by atoms with E-state index in [-0.39, 0.29) is 63.3 Å². The Balaban J connectivity index is 0.000000414. The van der Waals surface area contributed by atoms with Gasteiger partial charge in [0.1, 0.15) is 17.2 Å². The molecule has 1 aromatic heterocycles. The van der Waals surface area contributed by atoms with Gasteiger partial charge in [0, 0.05) is 21.1 Å². The van der Waals surface area contributed by atoms with E-state index in [1.165, 1.54) is 26.0 Å². The Bertz CT molecular complexity index is 3680. The summed E-state index contributed by atoms with van der Waals surface area (Å²) in [7, 11) is -5.82. The Hall–Kier alpha value is -6.32. The smallest absolute Gasteiger partial charge is 0.484 e. The minimum atomic E-state index is -5.82. The van der Waals surface area contributed by atoms with Crippen molar-refractivity contribution in [1.82, 2.24) is 4.98 Å². The molecule has 1 fully saturated rings. The quantitative estimate of drug-likeness (QED) is 0.121. The van der Waals surface area contributed by atoms with Crippen molar-refractivity contribution in [3.8, 4) is 11.5 Å². The molecule has 568 valence electrons. The summed E-state index contributed by atoms with van der Waals surface area (Å²) in [5, 5.41) is 0.128. The number of hydrogen-bond acceptors (Lipinski definition) is 5. The molecule has 0 spiro atoms. The van der Waals surface area contributed by atoms with Crippen LogP contribution in [0.15, 0.2) is 112 Å². The monoisotopic (exact) mass is 1600 g/mol. The Morgan fingerprint density at radius 2 is 0.733 bits per heavy atom. The third-order valence-corrected chi connectivity index (χ3v) is 15.8. The Labute approximate surface area is 577 Å². The highest BCUT2D eigenvalue weighted by Gasteiger charge is 2.48. The van der Waals surface area contributed by atoms with Gasteiger partial charge in [-0.25, -0.2) is 13.4 Å². The van der Waals surface area contributed by atoms with Crippen molar-refractivity contribution in [2.75, 3.05) is 6.61 Å². The number of sulfone groups is 1. The van der Waals surface area contributed by atoms with E-state index in [9.17, 15) is 127 Å². The van der Waals surface area contributed by atoms with E-state index in [4.69, 9.17) is 11.6 Å². The van der Waals surface area contributed by atoms with Gasteiger partial charge in [0.2, 0.25) is 0 Å². The standard InChI is InChI=1S/C12H12F6O.C12H14F3N.C11H10F6O2S.C11H10F6O.C10H10BrF3.C10H10ClF3/c1-7(2)8-3-9(12(16,17)18)5-10(4-8)19-6-11(13,14)15;1-7(2)9-5-10(8-3-4-8)16-11(6-9)12(13,14)15;1-6(2)7-3-8(10(12,13)14)5-9(4-7)20(18,19)11(15,16)17;1-6(2)7-3-8(10(12,13)14)5-9(4-7)18-11(15,16)17;2*1-6(2)7-3-8(10(12,13)14)5-9(11)4-7/h3-5,7H,6H2,1-2H3;5-8H,3-4H2,1-2H3;3-6H,1-2H3;3-6H,1-2H3;2*3-6H,1-2H3. The van der Waals surface area contributed by atoms with Gasteiger partial charge in [0.05, 0.1) is 32.7 Å². The van der Waals surface area contributed by atoms with Gasteiger partial charge in [-0.05, 0) is 185 Å². The lowest BCUT2D eigenvalue weighted by Crippen LogP contribution is -2.24. The third-order valence-electron chi connectivity index (χ3n) is 13.7. The van der Waals surface area contributed by atoms with Crippen LogP contribution in [0.25, 0.3) is 0 Å². The highest BCUT2D eigenvalue weighted by Crippen LogP contribution is 2.44. The van der Waals surface area contributed by atoms with E-state index >= 15 is 0 Å². The van der Waals surface area contributed by atoms with Gasteiger partial charge in [-0.2, -0.15) is 105 Å². The summed E-state index contributed by atoms with van der Waals surface area (Å²) in [5.41, 5.74) is -8.40. The summed E-state index contributed by atoms with van der Waals surface area (Å²) >= 11 is 8.67. The number of ether oxygens (including phenoxy) is 2. The van der Waals surface area contributed by atoms with Crippen LogP contribution in [0.3, 0.4) is 0 Å². The number of rotatable bonds is 11. The molecule has 0 unspecified atom stereocenters. The normalized spacial score (nSPS) is 13.5. The summed E-state index contributed by atoms with van der Waals surface area (Å²) in [6.45, 7) is 18.9. The maximum absolute atomic E-state index is 12.6. The number of aromatic nitrogens is 1. The lowest BCUT2D eigenvalue weighted by Gasteiger charge is -2.15. The van der Waals surface area contributed by atoms with Crippen LogP contribution in [-0.2, 0) is 46.9 Å². The summed E-state index contributed by atoms with van der Waals surface area (Å²) in [5.74, 6) is -1.97. The second-order valence-electron chi connectivity index (χ2n) is 24.2. The average Bonchev–Trinajstić information content (AvgIpc) is 1.26. The maximum Gasteiger partial charge on any atom is 0.573 e. The minimum Gasteiger partial charge on any atom is -0.484 e. The largest absolute Gasteiger partial charge is 0.573 e. The van der Waals surface area contributed by atoms with Crippen LogP contribution in [-0.4, -0.2) is 38.1 Å². The number of hydrogen-bond donors (Lipinski definition) is 0. The molecule has 1 saturated carbocycles. The lowest BCUT2D eigenvalue weighted by atomic mass is 10.00. The first-order chi connectivity index (χ1) is 45.2. The summed E-state index contributed by atoms with van der Waals surface area (Å²) in [4.78, 5) is 2.32. The molecular formula is C66H66BrClF27NO4S. The summed E-state index contributed by atoms with van der Waals surface area (Å²) in [6.07, 6.45) is -34.9. The molecule has 101 heavy (non-hydrogen) atoms. The number of pyridine rings is 1. The molecule has 1 aliphatic rings. The molecule has 1 aliphatic carbocycles. The zero-order chi connectivity index (χ0) is 78.7. The number of alkyl halides is 27. The Kier molecular flexibility index (Phi) is 31.4. The molecule has 5 aromatic carbocycles. The highest BCUT2D eigenvalue weighted by atomic mass is 79.9. The first kappa shape index (κ1) is 90.8. The van der Waals surface area contributed by atoms with Crippen LogP contribution in [0.4, 0.5) is 119 Å². The predicted molar refractivity (Wildman–Crippen MR) is 327 cm³/mol. The fourth-order valence-electron chi connectivity index (χ4n) is 7.95. The first-order valence-electron chi connectivity index (χ1n) is 29.5. The van der Waals surface area contributed by atoms with E-state index in [0.717, 1.165) is 60.9 Å². The van der Waals surface area contributed by atoms with Crippen LogP contribution < -0.4 is 9.47 Å². The number of nitrogens with zero attached hydrogens (tertiary/aromatic N) is 1. The van der Waals surface area contributed by atoms with E-state index < -0.39 is 127 Å². The predicted octanol–water partition coefficient (Wildman–Crippen LogP) is 26.8. The van der Waals surface area contributed by atoms with Gasteiger partial charge in [0.15, 0.2) is 6.61 Å². The van der Waals surface area contributed by atoms with Crippen molar-refractivity contribution in [1.29, 1.82) is 0 Å². The van der Waals surface area contributed by atoms with Gasteiger partial charge in [-0.15, -0.1) is 13.2 Å². The van der Waals surface area contributed by atoms with Gasteiger partial charge >= 0.3 is 55.1 Å². The van der Waals surface area contributed by atoms with Crippen LogP contribution in [0.5, 0.6) is 11.5 Å². The zero-order valence-corrected chi connectivity index (χ0v) is 58.1. The SMILES string of the molecule is CC(C)c1cc(Br)cc(C(F)(F)F)c1.CC(C)c1cc(C(F)(F)F)cc(S(=O)(=O)C(F)(F)F)c1.CC(C)c1cc(C2CC2)nc(C(F)(F)F)c1.CC(C)c1cc(Cl)cc(C(F)(F)F)c1.CC(C)c1cc(OC(F)(F)F)cc(C(F)(F)F)c1.CC(C)c1cc(OCC(F)(F)F)cc(C(F)(F)F)c1. The van der Waals surface area contributed by atoms with Crippen molar-refractivity contribution in [2.45, 2.75) is 197 Å². The van der Waals surface area contributed by atoms with E-state index in [2.05, 4.69) is 30.4 Å². The highest BCUT2D eigenvalue weighted by molar-refractivity contribution is 9.10. The minimum absolute atomic E-state index is 0.00525. The first-order valence-corrected chi connectivity index (χ1v) is 32.2. The van der Waals surface area contributed by atoms with E-state index in [1.807, 2.05) is 47.6 Å². The van der Waals surface area contributed by atoms with Gasteiger partial charge in [-0.3, -0.25) is 0 Å². The van der Waals surface area contributed by atoms with Crippen molar-refractivity contribution >= 4 is 37.4 Å². The molecule has 1 heterocycles. The van der Waals surface area contributed by atoms with Crippen LogP contribution >= 0.6 is 27.5 Å². The summed E-state index contributed by atoms with van der Waals surface area (Å²) < 4.78 is 365. The van der Waals surface area contributed by atoms with Crippen molar-refractivity contribution in [2.24, 2.45) is 0 Å². The number of benzene rings is 5. The molecule has 6 aromatic rings. The lowest BCUT2D eigenvalue weighted by molar-refractivity contribution is -0.274. The molecule has 7 rings (SSSR count). The van der Waals surface area contributed by atoms with Crippen LogP contribution in [0, 0.1) is 0 Å². The van der Waals surface area contributed by atoms with Gasteiger partial charge < -0.3 is 9.47 Å². The molecule has 35 heteroatoms. The third kappa shape index (κ3) is 31.3.